The fraction of sp³-hybridized carbons (Fsp3) is 0.0455. The van der Waals surface area contributed by atoms with Crippen LogP contribution in [0, 0.1) is 0 Å². The second kappa shape index (κ2) is 8.34. The average Bonchev–Trinajstić information content (AvgIpc) is 3.30. The molecule has 1 aliphatic rings. The molecule has 0 bridgehead atoms. The van der Waals surface area contributed by atoms with E-state index in [4.69, 9.17) is 27.6 Å². The number of nitrogens with zero attached hydrogens (tertiary/aromatic N) is 2. The van der Waals surface area contributed by atoms with Gasteiger partial charge < -0.3 is 9.52 Å². The van der Waals surface area contributed by atoms with Gasteiger partial charge in [-0.05, 0) is 61.5 Å². The van der Waals surface area contributed by atoms with Gasteiger partial charge in [-0.3, -0.25) is 4.79 Å². The Labute approximate surface area is 195 Å². The van der Waals surface area contributed by atoms with E-state index in [9.17, 15) is 14.7 Å². The highest BCUT2D eigenvalue weighted by atomic mass is 79.9. The average molecular weight is 520 g/mol. The number of carboxylic acids is 1. The van der Waals surface area contributed by atoms with E-state index in [-0.39, 0.29) is 11.5 Å². The van der Waals surface area contributed by atoms with Gasteiger partial charge in [0.1, 0.15) is 11.5 Å². The number of amides is 1. The maximum absolute atomic E-state index is 13.0. The summed E-state index contributed by atoms with van der Waals surface area (Å²) in [6.07, 6.45) is 1.56. The van der Waals surface area contributed by atoms with Crippen molar-refractivity contribution in [1.29, 1.82) is 0 Å². The Bertz CT molecular complexity index is 1300. The van der Waals surface area contributed by atoms with Crippen LogP contribution in [0.5, 0.6) is 0 Å². The number of hydrogen-bond acceptors (Lipinski definition) is 4. The smallest absolute Gasteiger partial charge is 0.336 e. The van der Waals surface area contributed by atoms with Crippen molar-refractivity contribution in [1.82, 2.24) is 0 Å². The molecule has 6 nitrogen and oxygen atoms in total. The lowest BCUT2D eigenvalue weighted by Gasteiger charge is -2.13. The third kappa shape index (κ3) is 4.17. The van der Waals surface area contributed by atoms with Crippen LogP contribution in [0.2, 0.25) is 10.0 Å². The summed E-state index contributed by atoms with van der Waals surface area (Å²) in [7, 11) is 0. The van der Waals surface area contributed by atoms with Crippen LogP contribution >= 0.6 is 39.1 Å². The van der Waals surface area contributed by atoms with Crippen molar-refractivity contribution >= 4 is 68.5 Å². The van der Waals surface area contributed by atoms with E-state index in [2.05, 4.69) is 21.0 Å². The Balaban J connectivity index is 1.68. The molecule has 0 spiro atoms. The molecule has 0 radical (unpaired) electrons. The van der Waals surface area contributed by atoms with Gasteiger partial charge in [-0.1, -0.05) is 39.1 Å². The van der Waals surface area contributed by atoms with E-state index < -0.39 is 5.97 Å². The minimum atomic E-state index is -1.07. The van der Waals surface area contributed by atoms with Gasteiger partial charge in [-0.25, -0.2) is 4.79 Å². The van der Waals surface area contributed by atoms with E-state index in [1.807, 2.05) is 0 Å². The quantitative estimate of drug-likeness (QED) is 0.397. The van der Waals surface area contributed by atoms with E-state index in [0.717, 1.165) is 0 Å². The van der Waals surface area contributed by atoms with E-state index in [1.165, 1.54) is 11.1 Å². The van der Waals surface area contributed by atoms with Crippen molar-refractivity contribution in [3.05, 3.63) is 79.9 Å². The molecule has 0 atom stereocenters. The molecule has 4 rings (SSSR count). The minimum Gasteiger partial charge on any atom is -0.478 e. The van der Waals surface area contributed by atoms with Crippen LogP contribution in [-0.2, 0) is 4.79 Å². The Morgan fingerprint density at radius 3 is 2.68 bits per heavy atom. The number of anilines is 1. The molecule has 2 aromatic carbocycles. The summed E-state index contributed by atoms with van der Waals surface area (Å²) in [6, 6.07) is 13.0. The molecule has 0 unspecified atom stereocenters. The molecule has 2 heterocycles. The predicted octanol–water partition coefficient (Wildman–Crippen LogP) is 6.52. The first-order chi connectivity index (χ1) is 14.7. The van der Waals surface area contributed by atoms with Crippen LogP contribution in [0.3, 0.4) is 0 Å². The Morgan fingerprint density at radius 2 is 1.94 bits per heavy atom. The SMILES string of the molecule is CC1=NN(c2cc(Cl)ccc2Cl)C(=O)/C1=C\c1ccc(-c2ccc(Br)cc2C(=O)O)o1. The number of benzene rings is 2. The number of aromatic carboxylic acids is 1. The van der Waals surface area contributed by atoms with Crippen LogP contribution < -0.4 is 5.01 Å². The molecular formula is C22H13BrCl2N2O4. The highest BCUT2D eigenvalue weighted by molar-refractivity contribution is 9.10. The van der Waals surface area contributed by atoms with Gasteiger partial charge in [-0.2, -0.15) is 10.1 Å². The standard InChI is InChI=1S/C22H13BrCl2N2O4/c1-11-16(21(28)27(26-11)19-9-13(24)3-6-18(19)25)10-14-4-7-20(31-14)15-5-2-12(23)8-17(15)22(29)30/h2-10H,1H3,(H,29,30)/b16-10-. The zero-order chi connectivity index (χ0) is 22.3. The Morgan fingerprint density at radius 1 is 1.16 bits per heavy atom. The van der Waals surface area contributed by atoms with Crippen molar-refractivity contribution in [2.75, 3.05) is 5.01 Å². The lowest BCUT2D eigenvalue weighted by molar-refractivity contribution is -0.114. The molecule has 1 aromatic heterocycles. The summed E-state index contributed by atoms with van der Waals surface area (Å²) >= 11 is 15.5. The second-order valence-electron chi connectivity index (χ2n) is 6.65. The normalized spacial score (nSPS) is 15.0. The summed E-state index contributed by atoms with van der Waals surface area (Å²) in [6.45, 7) is 1.70. The summed E-state index contributed by atoms with van der Waals surface area (Å²) < 4.78 is 6.46. The second-order valence-corrected chi connectivity index (χ2v) is 8.41. The van der Waals surface area contributed by atoms with Gasteiger partial charge in [0.05, 0.1) is 27.6 Å². The Kier molecular flexibility index (Phi) is 5.75. The summed E-state index contributed by atoms with van der Waals surface area (Å²) in [5.41, 5.74) is 1.71. The molecule has 0 aliphatic carbocycles. The minimum absolute atomic E-state index is 0.0967. The molecule has 31 heavy (non-hydrogen) atoms. The van der Waals surface area contributed by atoms with Crippen LogP contribution in [0.25, 0.3) is 17.4 Å². The topological polar surface area (TPSA) is 83.1 Å². The number of carbonyl (C=O) groups is 2. The van der Waals surface area contributed by atoms with Crippen LogP contribution in [0.1, 0.15) is 23.0 Å². The summed E-state index contributed by atoms with van der Waals surface area (Å²) in [5, 5.41) is 15.7. The zero-order valence-corrected chi connectivity index (χ0v) is 19.0. The Hall–Kier alpha value is -2.87. The molecule has 0 fully saturated rings. The zero-order valence-electron chi connectivity index (χ0n) is 15.9. The fourth-order valence-electron chi connectivity index (χ4n) is 3.12. The van der Waals surface area contributed by atoms with Gasteiger partial charge >= 0.3 is 5.97 Å². The van der Waals surface area contributed by atoms with Gasteiger partial charge in [0.15, 0.2) is 0 Å². The maximum Gasteiger partial charge on any atom is 0.336 e. The lowest BCUT2D eigenvalue weighted by Crippen LogP contribution is -2.21. The first kappa shape index (κ1) is 21.4. The molecule has 1 amide bonds. The number of carbonyl (C=O) groups excluding carboxylic acids is 1. The largest absolute Gasteiger partial charge is 0.478 e. The molecular weight excluding hydrogens is 507 g/mol. The predicted molar refractivity (Wildman–Crippen MR) is 124 cm³/mol. The van der Waals surface area contributed by atoms with Crippen LogP contribution in [-0.4, -0.2) is 22.7 Å². The molecule has 1 N–H and O–H groups in total. The molecule has 3 aromatic rings. The first-order valence-electron chi connectivity index (χ1n) is 8.94. The third-order valence-corrected chi connectivity index (χ3v) is 5.64. The lowest BCUT2D eigenvalue weighted by atomic mass is 10.1. The summed E-state index contributed by atoms with van der Waals surface area (Å²) in [4.78, 5) is 24.5. The van der Waals surface area contributed by atoms with Crippen LogP contribution in [0.4, 0.5) is 5.69 Å². The molecule has 1 aliphatic heterocycles. The van der Waals surface area contributed by atoms with Crippen LogP contribution in [0.15, 0.2) is 68.1 Å². The summed E-state index contributed by atoms with van der Waals surface area (Å²) in [5.74, 6) is -0.706. The highest BCUT2D eigenvalue weighted by Crippen LogP contribution is 2.34. The molecule has 0 saturated heterocycles. The third-order valence-electron chi connectivity index (χ3n) is 4.59. The van der Waals surface area contributed by atoms with Gasteiger partial charge in [0.2, 0.25) is 0 Å². The number of hydrogen-bond donors (Lipinski definition) is 1. The van der Waals surface area contributed by atoms with Gasteiger partial charge in [-0.15, -0.1) is 0 Å². The van der Waals surface area contributed by atoms with Crippen molar-refractivity contribution in [3.63, 3.8) is 0 Å². The monoisotopic (exact) mass is 518 g/mol. The number of rotatable bonds is 4. The van der Waals surface area contributed by atoms with Crippen molar-refractivity contribution in [3.8, 4) is 11.3 Å². The van der Waals surface area contributed by atoms with E-state index in [1.54, 1.807) is 55.5 Å². The van der Waals surface area contributed by atoms with E-state index >= 15 is 0 Å². The van der Waals surface area contributed by atoms with Crippen molar-refractivity contribution < 1.29 is 19.1 Å². The van der Waals surface area contributed by atoms with Crippen molar-refractivity contribution in [2.45, 2.75) is 6.92 Å². The number of halogens is 3. The van der Waals surface area contributed by atoms with Crippen molar-refractivity contribution in [2.24, 2.45) is 5.10 Å². The van der Waals surface area contributed by atoms with Gasteiger partial charge in [0, 0.05) is 15.1 Å². The highest BCUT2D eigenvalue weighted by Gasteiger charge is 2.30. The first-order valence-corrected chi connectivity index (χ1v) is 10.5. The molecule has 0 saturated carbocycles. The fourth-order valence-corrected chi connectivity index (χ4v) is 3.85. The maximum atomic E-state index is 13.0. The number of carboxylic acid groups (broad SMARTS) is 1. The number of furan rings is 1. The van der Waals surface area contributed by atoms with E-state index in [0.29, 0.717) is 48.6 Å². The van der Waals surface area contributed by atoms with Gasteiger partial charge in [0.25, 0.3) is 5.91 Å². The molecule has 9 heteroatoms. The number of hydrazone groups is 1. The molecule has 156 valence electrons.